The van der Waals surface area contributed by atoms with E-state index in [0.29, 0.717) is 12.2 Å². The van der Waals surface area contributed by atoms with Crippen LogP contribution < -0.4 is 9.80 Å². The second-order valence-corrected chi connectivity index (χ2v) is 17.8. The number of hydrogen-bond donors (Lipinski definition) is 0. The molecule has 0 N–H and O–H groups in total. The van der Waals surface area contributed by atoms with Crippen LogP contribution >= 0.6 is 0 Å². The molecule has 0 amide bonds. The third kappa shape index (κ3) is 10.8. The van der Waals surface area contributed by atoms with Crippen LogP contribution in [-0.2, 0) is 16.0 Å². The van der Waals surface area contributed by atoms with Gasteiger partial charge < -0.3 is 14.5 Å². The molecule has 0 aliphatic heterocycles. The monoisotopic (exact) mass is 918 g/mol. The minimum absolute atomic E-state index is 0.331. The second kappa shape index (κ2) is 21.5. The summed E-state index contributed by atoms with van der Waals surface area (Å²) in [4.78, 5) is 16.3. The van der Waals surface area contributed by atoms with Crippen LogP contribution in [0.2, 0.25) is 0 Å². The van der Waals surface area contributed by atoms with Gasteiger partial charge in [-0.3, -0.25) is 0 Å². The molecule has 10 rings (SSSR count). The molecule has 71 heavy (non-hydrogen) atoms. The number of para-hydroxylation sites is 1. The Morgan fingerprint density at radius 2 is 0.577 bits per heavy atom. The average Bonchev–Trinajstić information content (AvgIpc) is 3.44. The fraction of sp³-hybridized carbons (Fsp3) is 0.0597. The number of anilines is 6. The maximum atomic E-state index is 11.7. The molecule has 10 aromatic rings. The van der Waals surface area contributed by atoms with E-state index < -0.39 is 0 Å². The quantitative estimate of drug-likeness (QED) is 0.0549. The molecule has 0 heterocycles. The summed E-state index contributed by atoms with van der Waals surface area (Å²) in [7, 11) is 0. The number of nitrogens with zero attached hydrogens (tertiary/aromatic N) is 2. The summed E-state index contributed by atoms with van der Waals surface area (Å²) in [6, 6.07) is 93.3. The molecule has 0 bridgehead atoms. The average molecular weight is 919 g/mol. The minimum atomic E-state index is -0.331. The van der Waals surface area contributed by atoms with Gasteiger partial charge in [-0.25, -0.2) is 4.79 Å². The molecule has 0 atom stereocenters. The van der Waals surface area contributed by atoms with Crippen LogP contribution in [-0.4, -0.2) is 12.6 Å². The molecular weight excluding hydrogens is 865 g/mol. The van der Waals surface area contributed by atoms with Crippen molar-refractivity contribution in [1.82, 2.24) is 0 Å². The number of esters is 1. The Morgan fingerprint density at radius 1 is 0.338 bits per heavy atom. The maximum Gasteiger partial charge on any atom is 0.333 e. The predicted molar refractivity (Wildman–Crippen MR) is 297 cm³/mol. The lowest BCUT2D eigenvalue weighted by molar-refractivity contribution is -0.139. The van der Waals surface area contributed by atoms with Crippen molar-refractivity contribution in [3.63, 3.8) is 0 Å². The Labute approximate surface area is 418 Å². The number of carbonyl (C=O) groups is 1. The van der Waals surface area contributed by atoms with Gasteiger partial charge in [0.05, 0.1) is 6.61 Å². The van der Waals surface area contributed by atoms with E-state index in [-0.39, 0.29) is 5.97 Å². The molecule has 4 nitrogen and oxygen atoms in total. The molecular formula is C67H54N2O2. The van der Waals surface area contributed by atoms with Gasteiger partial charge in [0.1, 0.15) is 0 Å². The topological polar surface area (TPSA) is 32.8 Å². The van der Waals surface area contributed by atoms with E-state index >= 15 is 0 Å². The lowest BCUT2D eigenvalue weighted by atomic mass is 9.98. The van der Waals surface area contributed by atoms with Crippen LogP contribution in [0.5, 0.6) is 0 Å². The predicted octanol–water partition coefficient (Wildman–Crippen LogP) is 18.0. The number of benzene rings is 10. The van der Waals surface area contributed by atoms with Crippen molar-refractivity contribution < 1.29 is 9.53 Å². The van der Waals surface area contributed by atoms with E-state index in [0.717, 1.165) is 69.2 Å². The van der Waals surface area contributed by atoms with Gasteiger partial charge >= 0.3 is 5.97 Å². The zero-order valence-corrected chi connectivity index (χ0v) is 39.9. The standard InChI is InChI=1S/C67H54N2O2/c1-49(2)67(70)71-48-12-13-50-20-22-53(23-21-50)54-24-26-55(27-25-54)58-32-42-62(43-33-58)68(61-18-10-5-11-19-61)63-44-34-59(35-45-63)60-36-46-66(47-37-60)69(64-38-28-56(29-39-64)51-14-6-3-7-15-51)65-40-30-57(31-41-65)52-16-8-4-9-17-52/h3-11,14-47H,1,12-13,48H2,2H3. The summed E-state index contributed by atoms with van der Waals surface area (Å²) < 4.78 is 5.25. The van der Waals surface area contributed by atoms with Crippen molar-refractivity contribution in [2.75, 3.05) is 16.4 Å². The first-order valence-corrected chi connectivity index (χ1v) is 24.2. The van der Waals surface area contributed by atoms with Gasteiger partial charge in [-0.2, -0.15) is 0 Å². The molecule has 0 radical (unpaired) electrons. The number of aryl methyl sites for hydroxylation is 1. The van der Waals surface area contributed by atoms with Crippen LogP contribution in [0.4, 0.5) is 34.1 Å². The summed E-state index contributed by atoms with van der Waals surface area (Å²) in [6.45, 7) is 5.70. The van der Waals surface area contributed by atoms with Crippen molar-refractivity contribution in [2.24, 2.45) is 0 Å². The Kier molecular flexibility index (Phi) is 13.9. The van der Waals surface area contributed by atoms with Gasteiger partial charge in [0.2, 0.25) is 0 Å². The van der Waals surface area contributed by atoms with Crippen molar-refractivity contribution >= 4 is 40.1 Å². The minimum Gasteiger partial charge on any atom is -0.462 e. The molecule has 344 valence electrons. The van der Waals surface area contributed by atoms with E-state index in [9.17, 15) is 4.79 Å². The summed E-state index contributed by atoms with van der Waals surface area (Å²) in [5.74, 6) is -0.331. The highest BCUT2D eigenvalue weighted by Crippen LogP contribution is 2.40. The smallest absolute Gasteiger partial charge is 0.333 e. The normalized spacial score (nSPS) is 10.9. The van der Waals surface area contributed by atoms with E-state index in [2.05, 4.69) is 277 Å². The molecule has 0 aromatic heterocycles. The Hall–Kier alpha value is -8.99. The summed E-state index contributed by atoms with van der Waals surface area (Å²) in [5.41, 5.74) is 19.9. The van der Waals surface area contributed by atoms with Crippen molar-refractivity contribution in [3.8, 4) is 55.6 Å². The summed E-state index contributed by atoms with van der Waals surface area (Å²) in [5, 5.41) is 0. The van der Waals surface area contributed by atoms with Gasteiger partial charge in [-0.1, -0.05) is 195 Å². The number of rotatable bonds is 16. The SMILES string of the molecule is C=C(C)C(=O)OCCCc1ccc(-c2ccc(-c3ccc(N(c4ccccc4)c4ccc(-c5ccc(N(c6ccc(-c7ccccc7)cc6)c6ccc(-c7ccccc7)cc6)cc5)cc4)cc3)cc2)cc1. The Bertz CT molecular complexity index is 3230. The fourth-order valence-corrected chi connectivity index (χ4v) is 9.03. The molecule has 0 spiro atoms. The first-order valence-electron chi connectivity index (χ1n) is 24.2. The zero-order chi connectivity index (χ0) is 48.4. The van der Waals surface area contributed by atoms with Crippen LogP contribution in [0.1, 0.15) is 18.9 Å². The second-order valence-electron chi connectivity index (χ2n) is 17.8. The van der Waals surface area contributed by atoms with Crippen LogP contribution in [0.15, 0.2) is 273 Å². The van der Waals surface area contributed by atoms with Crippen molar-refractivity contribution in [2.45, 2.75) is 19.8 Å². The van der Waals surface area contributed by atoms with E-state index in [4.69, 9.17) is 4.74 Å². The number of carbonyl (C=O) groups excluding carboxylic acids is 1. The largest absolute Gasteiger partial charge is 0.462 e. The highest BCUT2D eigenvalue weighted by molar-refractivity contribution is 5.87. The maximum absolute atomic E-state index is 11.7. The molecule has 0 saturated heterocycles. The molecule has 0 aliphatic carbocycles. The van der Waals surface area contributed by atoms with Gasteiger partial charge in [-0.15, -0.1) is 0 Å². The van der Waals surface area contributed by atoms with Crippen LogP contribution in [0.3, 0.4) is 0 Å². The highest BCUT2D eigenvalue weighted by atomic mass is 16.5. The third-order valence-corrected chi connectivity index (χ3v) is 12.9. The van der Waals surface area contributed by atoms with Gasteiger partial charge in [0.25, 0.3) is 0 Å². The van der Waals surface area contributed by atoms with Gasteiger partial charge in [0, 0.05) is 39.7 Å². The number of ether oxygens (including phenoxy) is 1. The third-order valence-electron chi connectivity index (χ3n) is 12.9. The molecule has 4 heteroatoms. The summed E-state index contributed by atoms with van der Waals surface area (Å²) >= 11 is 0. The lowest BCUT2D eigenvalue weighted by Gasteiger charge is -2.26. The molecule has 10 aromatic carbocycles. The highest BCUT2D eigenvalue weighted by Gasteiger charge is 2.16. The van der Waals surface area contributed by atoms with E-state index in [1.165, 1.54) is 38.9 Å². The molecule has 0 saturated carbocycles. The van der Waals surface area contributed by atoms with Crippen LogP contribution in [0.25, 0.3) is 55.6 Å². The van der Waals surface area contributed by atoms with Crippen molar-refractivity contribution in [3.05, 3.63) is 279 Å². The molecule has 0 unspecified atom stereocenters. The molecule has 0 fully saturated rings. The first-order chi connectivity index (χ1) is 34.9. The Morgan fingerprint density at radius 3 is 0.873 bits per heavy atom. The van der Waals surface area contributed by atoms with E-state index in [1.807, 2.05) is 0 Å². The van der Waals surface area contributed by atoms with Crippen LogP contribution in [0, 0.1) is 0 Å². The van der Waals surface area contributed by atoms with Crippen molar-refractivity contribution in [1.29, 1.82) is 0 Å². The van der Waals surface area contributed by atoms with Gasteiger partial charge in [-0.05, 0) is 154 Å². The zero-order valence-electron chi connectivity index (χ0n) is 39.9. The first kappa shape index (κ1) is 45.8. The number of hydrogen-bond acceptors (Lipinski definition) is 4. The Balaban J connectivity index is 0.855. The summed E-state index contributed by atoms with van der Waals surface area (Å²) in [6.07, 6.45) is 1.62. The molecule has 0 aliphatic rings. The van der Waals surface area contributed by atoms with Gasteiger partial charge in [0.15, 0.2) is 0 Å². The van der Waals surface area contributed by atoms with E-state index in [1.54, 1.807) is 6.92 Å². The lowest BCUT2D eigenvalue weighted by Crippen LogP contribution is -2.10. The fourth-order valence-electron chi connectivity index (χ4n) is 9.03.